The third-order valence-corrected chi connectivity index (χ3v) is 5.48. The fourth-order valence-electron chi connectivity index (χ4n) is 2.03. The highest BCUT2D eigenvalue weighted by atomic mass is 79.9. The molecule has 0 aliphatic rings. The Hall–Kier alpha value is -0.930. The molecule has 9 heteroatoms. The lowest BCUT2D eigenvalue weighted by molar-refractivity contribution is -0.145. The van der Waals surface area contributed by atoms with Crippen molar-refractivity contribution in [3.8, 4) is 0 Å². The first-order chi connectivity index (χ1) is 11.5. The summed E-state index contributed by atoms with van der Waals surface area (Å²) in [5.74, 6) is -3.35. The number of alkyl halides is 1. The molecule has 4 nitrogen and oxygen atoms in total. The zero-order chi connectivity index (χ0) is 19.4. The predicted molar refractivity (Wildman–Crippen MR) is 94.0 cm³/mol. The Kier molecular flexibility index (Phi) is 7.64. The second-order valence-electron chi connectivity index (χ2n) is 6.43. The number of nitrogens with one attached hydrogen (secondary N) is 1. The van der Waals surface area contributed by atoms with Crippen molar-refractivity contribution in [1.82, 2.24) is 4.72 Å². The van der Waals surface area contributed by atoms with E-state index >= 15 is 0 Å². The lowest BCUT2D eigenvalue weighted by Gasteiger charge is -2.34. The van der Waals surface area contributed by atoms with Crippen molar-refractivity contribution in [3.05, 3.63) is 33.8 Å². The molecule has 2 atom stereocenters. The minimum Gasteiger partial charge on any atom is -0.466 e. The molecule has 0 fully saturated rings. The van der Waals surface area contributed by atoms with Gasteiger partial charge in [0.1, 0.15) is 6.67 Å². The van der Waals surface area contributed by atoms with Crippen molar-refractivity contribution in [2.24, 2.45) is 0 Å². The molecule has 0 aromatic heterocycles. The molecule has 0 heterocycles. The topological polar surface area (TPSA) is 55.4 Å². The van der Waals surface area contributed by atoms with Gasteiger partial charge in [-0.1, -0.05) is 15.9 Å². The monoisotopic (exact) mass is 443 g/mol. The normalized spacial score (nSPS) is 15.5. The highest BCUT2D eigenvalue weighted by molar-refractivity contribution is 9.10. The fraction of sp³-hybridized carbons (Fsp3) is 0.562. The summed E-state index contributed by atoms with van der Waals surface area (Å²) in [6, 6.07) is 2.04. The van der Waals surface area contributed by atoms with Gasteiger partial charge in [-0.2, -0.15) is 0 Å². The number of carbonyl (C=O) groups excluding carboxylic acids is 1. The molecular weight excluding hydrogens is 423 g/mol. The summed E-state index contributed by atoms with van der Waals surface area (Å²) in [5.41, 5.74) is -2.47. The summed E-state index contributed by atoms with van der Waals surface area (Å²) in [7, 11) is -1.85. The first-order valence-corrected chi connectivity index (χ1v) is 9.47. The number of benzene rings is 1. The number of ether oxygens (including phenoxy) is 1. The van der Waals surface area contributed by atoms with E-state index in [2.05, 4.69) is 20.7 Å². The minimum absolute atomic E-state index is 0.0406. The van der Waals surface area contributed by atoms with Crippen LogP contribution in [0.4, 0.5) is 13.2 Å². The average Bonchev–Trinajstić information content (AvgIpc) is 2.49. The molecule has 0 amide bonds. The molecule has 0 radical (unpaired) electrons. The van der Waals surface area contributed by atoms with Crippen LogP contribution in [-0.2, 0) is 26.1 Å². The Morgan fingerprint density at radius 1 is 1.32 bits per heavy atom. The van der Waals surface area contributed by atoms with Gasteiger partial charge in [-0.05, 0) is 39.8 Å². The quantitative estimate of drug-likeness (QED) is 0.513. The molecule has 25 heavy (non-hydrogen) atoms. The first kappa shape index (κ1) is 22.1. The largest absolute Gasteiger partial charge is 0.466 e. The van der Waals surface area contributed by atoms with Crippen LogP contribution in [0.5, 0.6) is 0 Å². The van der Waals surface area contributed by atoms with Crippen LogP contribution in [0.2, 0.25) is 0 Å². The lowest BCUT2D eigenvalue weighted by atomic mass is 9.88. The van der Waals surface area contributed by atoms with Crippen molar-refractivity contribution in [2.75, 3.05) is 13.3 Å². The van der Waals surface area contributed by atoms with Crippen molar-refractivity contribution >= 4 is 32.9 Å². The Morgan fingerprint density at radius 2 is 1.92 bits per heavy atom. The maximum Gasteiger partial charge on any atom is 0.308 e. The molecule has 1 aromatic rings. The van der Waals surface area contributed by atoms with E-state index in [9.17, 15) is 22.2 Å². The zero-order valence-corrected chi connectivity index (χ0v) is 16.8. The Labute approximate surface area is 156 Å². The van der Waals surface area contributed by atoms with Gasteiger partial charge in [0.2, 0.25) is 0 Å². The SMILES string of the molecule is CCOC(=O)CC(CF)(NS(=O)C(C)(C)C)c1cc(Br)cc(F)c1F. The molecule has 0 bridgehead atoms. The van der Waals surface area contributed by atoms with E-state index in [0.717, 1.165) is 12.1 Å². The van der Waals surface area contributed by atoms with E-state index in [-0.39, 0.29) is 11.1 Å². The third kappa shape index (κ3) is 5.52. The summed E-state index contributed by atoms with van der Waals surface area (Å²) < 4.78 is 61.4. The smallest absolute Gasteiger partial charge is 0.308 e. The van der Waals surface area contributed by atoms with Crippen molar-refractivity contribution < 1.29 is 26.9 Å². The molecule has 2 unspecified atom stereocenters. The predicted octanol–water partition coefficient (Wildman–Crippen LogP) is 3.90. The van der Waals surface area contributed by atoms with Crippen LogP contribution in [-0.4, -0.2) is 28.2 Å². The van der Waals surface area contributed by atoms with Gasteiger partial charge in [0.25, 0.3) is 0 Å². The zero-order valence-electron chi connectivity index (χ0n) is 14.4. The highest BCUT2D eigenvalue weighted by Crippen LogP contribution is 2.34. The Balaban J connectivity index is 3.50. The molecule has 1 aromatic carbocycles. The molecule has 0 saturated carbocycles. The second-order valence-corrected chi connectivity index (χ2v) is 9.31. The Morgan fingerprint density at radius 3 is 2.40 bits per heavy atom. The van der Waals surface area contributed by atoms with Crippen LogP contribution in [0.25, 0.3) is 0 Å². The lowest BCUT2D eigenvalue weighted by Crippen LogP contribution is -2.51. The van der Waals surface area contributed by atoms with Crippen LogP contribution in [0, 0.1) is 11.6 Å². The molecule has 0 spiro atoms. The summed E-state index contributed by atoms with van der Waals surface area (Å²) in [5, 5.41) is 0. The van der Waals surface area contributed by atoms with Crippen molar-refractivity contribution in [1.29, 1.82) is 0 Å². The third-order valence-electron chi connectivity index (χ3n) is 3.33. The molecule has 0 saturated heterocycles. The number of halogens is 4. The van der Waals surface area contributed by atoms with E-state index in [1.807, 2.05) is 0 Å². The van der Waals surface area contributed by atoms with Gasteiger partial charge in [-0.3, -0.25) is 4.79 Å². The van der Waals surface area contributed by atoms with Gasteiger partial charge in [0.15, 0.2) is 11.6 Å². The number of esters is 1. The van der Waals surface area contributed by atoms with Crippen LogP contribution in [0.15, 0.2) is 16.6 Å². The van der Waals surface area contributed by atoms with Gasteiger partial charge in [0.05, 0.1) is 34.3 Å². The number of carbonyl (C=O) groups is 1. The van der Waals surface area contributed by atoms with Gasteiger partial charge < -0.3 is 4.74 Å². The van der Waals surface area contributed by atoms with Crippen LogP contribution < -0.4 is 4.72 Å². The first-order valence-electron chi connectivity index (χ1n) is 7.53. The summed E-state index contributed by atoms with van der Waals surface area (Å²) in [6.45, 7) is 5.19. The molecular formula is C16H21BrF3NO3S. The fourth-order valence-corrected chi connectivity index (χ4v) is 3.35. The molecule has 0 aliphatic carbocycles. The standard InChI is InChI=1S/C16H21BrF3NO3S/c1-5-24-13(22)8-16(9-18,21-25(23)15(2,3)4)11-6-10(17)7-12(19)14(11)20/h6-7,21H,5,8-9H2,1-4H3. The van der Waals surface area contributed by atoms with Crippen LogP contribution >= 0.6 is 15.9 Å². The van der Waals surface area contributed by atoms with Crippen LogP contribution in [0.1, 0.15) is 39.7 Å². The maximum absolute atomic E-state index is 14.4. The highest BCUT2D eigenvalue weighted by Gasteiger charge is 2.42. The number of hydrogen-bond acceptors (Lipinski definition) is 3. The summed E-state index contributed by atoms with van der Waals surface area (Å²) in [6.07, 6.45) is -0.647. The van der Waals surface area contributed by atoms with E-state index in [1.165, 1.54) is 0 Å². The van der Waals surface area contributed by atoms with E-state index in [4.69, 9.17) is 4.74 Å². The molecule has 1 N–H and O–H groups in total. The van der Waals surface area contributed by atoms with Gasteiger partial charge in [-0.15, -0.1) is 0 Å². The number of hydrogen-bond donors (Lipinski definition) is 1. The van der Waals surface area contributed by atoms with Crippen LogP contribution in [0.3, 0.4) is 0 Å². The minimum atomic E-state index is -2.03. The molecule has 142 valence electrons. The Bertz CT molecular complexity index is 667. The van der Waals surface area contributed by atoms with Crippen molar-refractivity contribution in [2.45, 2.75) is 44.4 Å². The van der Waals surface area contributed by atoms with E-state index in [0.29, 0.717) is 0 Å². The van der Waals surface area contributed by atoms with Gasteiger partial charge in [0, 0.05) is 10.0 Å². The summed E-state index contributed by atoms with van der Waals surface area (Å²) >= 11 is 3.02. The van der Waals surface area contributed by atoms with Gasteiger partial charge >= 0.3 is 5.97 Å². The van der Waals surface area contributed by atoms with E-state index in [1.54, 1.807) is 27.7 Å². The maximum atomic E-state index is 14.4. The molecule has 1 rings (SSSR count). The summed E-state index contributed by atoms with van der Waals surface area (Å²) in [4.78, 5) is 11.9. The second kappa shape index (κ2) is 8.64. The van der Waals surface area contributed by atoms with E-state index < -0.39 is 57.5 Å². The molecule has 0 aliphatic heterocycles. The number of rotatable bonds is 7. The van der Waals surface area contributed by atoms with Gasteiger partial charge in [-0.25, -0.2) is 22.1 Å². The average molecular weight is 444 g/mol. The van der Waals surface area contributed by atoms with Crippen molar-refractivity contribution in [3.63, 3.8) is 0 Å².